The third-order valence-corrected chi connectivity index (χ3v) is 2.95. The summed E-state index contributed by atoms with van der Waals surface area (Å²) in [7, 11) is 0. The standard InChI is InChI=1S/C10H18F3NO/c1-9(15,8-4-2-7-14-8)5-3-6-10(11,12)13/h8,14-15H,2-7H2,1H3. The summed E-state index contributed by atoms with van der Waals surface area (Å²) in [6.07, 6.45) is -2.90. The van der Waals surface area contributed by atoms with Crippen LogP contribution in [0.5, 0.6) is 0 Å². The van der Waals surface area contributed by atoms with Gasteiger partial charge < -0.3 is 10.4 Å². The van der Waals surface area contributed by atoms with Gasteiger partial charge in [-0.25, -0.2) is 0 Å². The Morgan fingerprint density at radius 2 is 2.00 bits per heavy atom. The van der Waals surface area contributed by atoms with Gasteiger partial charge in [0.2, 0.25) is 0 Å². The Bertz CT molecular complexity index is 197. The SMILES string of the molecule is CC(O)(CCCC(F)(F)F)C1CCCN1. The molecule has 0 aromatic carbocycles. The normalized spacial score (nSPS) is 26.6. The van der Waals surface area contributed by atoms with Crippen LogP contribution >= 0.6 is 0 Å². The molecule has 1 aliphatic heterocycles. The zero-order chi connectivity index (χ0) is 11.5. The molecule has 0 amide bonds. The first-order valence-corrected chi connectivity index (χ1v) is 5.34. The van der Waals surface area contributed by atoms with E-state index in [4.69, 9.17) is 0 Å². The lowest BCUT2D eigenvalue weighted by atomic mass is 9.89. The number of nitrogens with one attached hydrogen (secondary N) is 1. The van der Waals surface area contributed by atoms with E-state index in [0.717, 1.165) is 19.4 Å². The second kappa shape index (κ2) is 4.70. The molecule has 90 valence electrons. The van der Waals surface area contributed by atoms with Gasteiger partial charge in [-0.15, -0.1) is 0 Å². The molecule has 0 saturated carbocycles. The quantitative estimate of drug-likeness (QED) is 0.769. The van der Waals surface area contributed by atoms with Crippen molar-refractivity contribution in [2.24, 2.45) is 0 Å². The average molecular weight is 225 g/mol. The summed E-state index contributed by atoms with van der Waals surface area (Å²) in [5.41, 5.74) is -1.01. The Hall–Kier alpha value is -0.290. The Labute approximate surface area is 87.9 Å². The van der Waals surface area contributed by atoms with E-state index in [9.17, 15) is 18.3 Å². The summed E-state index contributed by atoms with van der Waals surface area (Å²) in [5, 5.41) is 13.1. The molecule has 2 N–H and O–H groups in total. The molecule has 2 atom stereocenters. The molecule has 1 rings (SSSR count). The molecule has 0 aromatic heterocycles. The largest absolute Gasteiger partial charge is 0.389 e. The summed E-state index contributed by atoms with van der Waals surface area (Å²) in [4.78, 5) is 0. The Morgan fingerprint density at radius 1 is 1.33 bits per heavy atom. The van der Waals surface area contributed by atoms with Crippen molar-refractivity contribution in [3.8, 4) is 0 Å². The molecular weight excluding hydrogens is 207 g/mol. The third-order valence-electron chi connectivity index (χ3n) is 2.95. The van der Waals surface area contributed by atoms with E-state index in [1.54, 1.807) is 6.92 Å². The highest BCUT2D eigenvalue weighted by atomic mass is 19.4. The minimum absolute atomic E-state index is 0.00528. The molecule has 0 aliphatic carbocycles. The van der Waals surface area contributed by atoms with Gasteiger partial charge in [0.1, 0.15) is 0 Å². The first-order valence-electron chi connectivity index (χ1n) is 5.34. The number of hydrogen-bond acceptors (Lipinski definition) is 2. The van der Waals surface area contributed by atoms with Gasteiger partial charge >= 0.3 is 6.18 Å². The summed E-state index contributed by atoms with van der Waals surface area (Å²) in [6, 6.07) is -0.0502. The maximum atomic E-state index is 11.9. The summed E-state index contributed by atoms with van der Waals surface area (Å²) in [6.45, 7) is 2.46. The zero-order valence-electron chi connectivity index (χ0n) is 8.90. The molecule has 1 aliphatic rings. The van der Waals surface area contributed by atoms with Crippen molar-refractivity contribution in [1.82, 2.24) is 5.32 Å². The van der Waals surface area contributed by atoms with Crippen molar-refractivity contribution in [2.75, 3.05) is 6.54 Å². The minimum Gasteiger partial charge on any atom is -0.389 e. The van der Waals surface area contributed by atoms with E-state index in [1.807, 2.05) is 0 Å². The van der Waals surface area contributed by atoms with Crippen LogP contribution in [0.2, 0.25) is 0 Å². The molecule has 1 heterocycles. The molecule has 0 radical (unpaired) electrons. The Morgan fingerprint density at radius 3 is 2.47 bits per heavy atom. The first-order chi connectivity index (χ1) is 6.81. The van der Waals surface area contributed by atoms with Gasteiger partial charge in [0.15, 0.2) is 0 Å². The van der Waals surface area contributed by atoms with E-state index in [-0.39, 0.29) is 18.9 Å². The molecule has 15 heavy (non-hydrogen) atoms. The highest BCUT2D eigenvalue weighted by molar-refractivity contribution is 4.91. The Kier molecular flexibility index (Phi) is 4.00. The van der Waals surface area contributed by atoms with Gasteiger partial charge in [0, 0.05) is 12.5 Å². The van der Waals surface area contributed by atoms with Crippen molar-refractivity contribution in [3.05, 3.63) is 0 Å². The van der Waals surface area contributed by atoms with Crippen LogP contribution < -0.4 is 5.32 Å². The monoisotopic (exact) mass is 225 g/mol. The molecule has 0 aromatic rings. The van der Waals surface area contributed by atoms with Crippen molar-refractivity contribution >= 4 is 0 Å². The van der Waals surface area contributed by atoms with Gasteiger partial charge in [-0.05, 0) is 39.2 Å². The average Bonchev–Trinajstić information content (AvgIpc) is 2.52. The zero-order valence-corrected chi connectivity index (χ0v) is 8.90. The number of alkyl halides is 3. The van der Waals surface area contributed by atoms with Crippen LogP contribution in [0.15, 0.2) is 0 Å². The molecule has 2 nitrogen and oxygen atoms in total. The van der Waals surface area contributed by atoms with Crippen LogP contribution in [0.3, 0.4) is 0 Å². The fourth-order valence-corrected chi connectivity index (χ4v) is 2.04. The van der Waals surface area contributed by atoms with Crippen molar-refractivity contribution < 1.29 is 18.3 Å². The van der Waals surface area contributed by atoms with Gasteiger partial charge in [0.25, 0.3) is 0 Å². The number of halogens is 3. The molecular formula is C10H18F3NO. The summed E-state index contributed by atoms with van der Waals surface area (Å²) >= 11 is 0. The highest BCUT2D eigenvalue weighted by Gasteiger charge is 2.35. The molecule has 0 spiro atoms. The highest BCUT2D eigenvalue weighted by Crippen LogP contribution is 2.28. The lowest BCUT2D eigenvalue weighted by molar-refractivity contribution is -0.138. The molecule has 0 bridgehead atoms. The fourth-order valence-electron chi connectivity index (χ4n) is 2.04. The predicted octanol–water partition coefficient (Wildman–Crippen LogP) is 2.22. The van der Waals surface area contributed by atoms with E-state index < -0.39 is 18.2 Å². The minimum atomic E-state index is -4.11. The van der Waals surface area contributed by atoms with Gasteiger partial charge in [0.05, 0.1) is 5.60 Å². The van der Waals surface area contributed by atoms with Crippen LogP contribution in [0.1, 0.15) is 39.0 Å². The summed E-state index contributed by atoms with van der Waals surface area (Å²) < 4.78 is 35.7. The molecule has 1 saturated heterocycles. The summed E-state index contributed by atoms with van der Waals surface area (Å²) in [5.74, 6) is 0. The maximum absolute atomic E-state index is 11.9. The lowest BCUT2D eigenvalue weighted by Gasteiger charge is -2.30. The van der Waals surface area contributed by atoms with Gasteiger partial charge in [-0.1, -0.05) is 0 Å². The van der Waals surface area contributed by atoms with Gasteiger partial charge in [-0.3, -0.25) is 0 Å². The van der Waals surface area contributed by atoms with E-state index >= 15 is 0 Å². The maximum Gasteiger partial charge on any atom is 0.389 e. The van der Waals surface area contributed by atoms with Crippen molar-refractivity contribution in [1.29, 1.82) is 0 Å². The van der Waals surface area contributed by atoms with E-state index in [0.29, 0.717) is 0 Å². The molecule has 1 fully saturated rings. The fraction of sp³-hybridized carbons (Fsp3) is 1.00. The number of hydrogen-bond donors (Lipinski definition) is 2. The Balaban J connectivity index is 2.29. The lowest BCUT2D eigenvalue weighted by Crippen LogP contribution is -2.45. The first kappa shape index (κ1) is 12.8. The predicted molar refractivity (Wildman–Crippen MR) is 51.6 cm³/mol. The molecule has 5 heteroatoms. The van der Waals surface area contributed by atoms with Crippen LogP contribution in [0.4, 0.5) is 13.2 Å². The second-order valence-electron chi connectivity index (χ2n) is 4.47. The molecule has 2 unspecified atom stereocenters. The van der Waals surface area contributed by atoms with E-state index in [1.165, 1.54) is 0 Å². The van der Waals surface area contributed by atoms with Crippen LogP contribution in [-0.2, 0) is 0 Å². The van der Waals surface area contributed by atoms with Crippen LogP contribution in [-0.4, -0.2) is 29.5 Å². The third kappa shape index (κ3) is 4.38. The second-order valence-corrected chi connectivity index (χ2v) is 4.47. The van der Waals surface area contributed by atoms with Crippen LogP contribution in [0, 0.1) is 0 Å². The number of aliphatic hydroxyl groups is 1. The van der Waals surface area contributed by atoms with E-state index in [2.05, 4.69) is 5.32 Å². The number of rotatable bonds is 4. The van der Waals surface area contributed by atoms with Crippen molar-refractivity contribution in [3.63, 3.8) is 0 Å². The topological polar surface area (TPSA) is 32.3 Å². The van der Waals surface area contributed by atoms with Crippen LogP contribution in [0.25, 0.3) is 0 Å². The van der Waals surface area contributed by atoms with Crippen molar-refractivity contribution in [2.45, 2.75) is 56.8 Å². The van der Waals surface area contributed by atoms with Gasteiger partial charge in [-0.2, -0.15) is 13.2 Å². The smallest absolute Gasteiger partial charge is 0.389 e.